The number of quaternary nitrogens is 1. The van der Waals surface area contributed by atoms with Gasteiger partial charge in [-0.2, -0.15) is 0 Å². The maximum atomic E-state index is 13.6. The van der Waals surface area contributed by atoms with Crippen LogP contribution in [0.2, 0.25) is 0 Å². The van der Waals surface area contributed by atoms with Gasteiger partial charge in [-0.15, -0.1) is 0 Å². The first kappa shape index (κ1) is 25.7. The molecular formula is C30H35N4O4+. The van der Waals surface area contributed by atoms with Gasteiger partial charge in [0.1, 0.15) is 0 Å². The summed E-state index contributed by atoms with van der Waals surface area (Å²) < 4.78 is 0.957. The molecule has 8 nitrogen and oxygen atoms in total. The first-order chi connectivity index (χ1) is 18.1. The highest BCUT2D eigenvalue weighted by Crippen LogP contribution is 2.42. The minimum atomic E-state index is -0.942. The van der Waals surface area contributed by atoms with Crippen LogP contribution in [-0.4, -0.2) is 93.2 Å². The van der Waals surface area contributed by atoms with Crippen LogP contribution in [0.25, 0.3) is 21.9 Å². The first-order valence-electron chi connectivity index (χ1n) is 13.1. The fourth-order valence-electron chi connectivity index (χ4n) is 5.50. The van der Waals surface area contributed by atoms with E-state index in [-0.39, 0.29) is 31.2 Å². The van der Waals surface area contributed by atoms with Gasteiger partial charge in [0.15, 0.2) is 0 Å². The second-order valence-electron chi connectivity index (χ2n) is 11.1. The molecule has 8 heteroatoms. The Balaban J connectivity index is 1.67. The number of carbonyl (C=O) groups excluding carboxylic acids is 2. The summed E-state index contributed by atoms with van der Waals surface area (Å²) in [4.78, 5) is 43.8. The van der Waals surface area contributed by atoms with Crippen molar-refractivity contribution in [1.82, 2.24) is 4.90 Å². The zero-order valence-electron chi connectivity index (χ0n) is 22.5. The van der Waals surface area contributed by atoms with Crippen LogP contribution >= 0.6 is 0 Å². The summed E-state index contributed by atoms with van der Waals surface area (Å²) in [5.41, 5.74) is 5.14. The molecule has 2 aliphatic heterocycles. The number of rotatable bonds is 7. The van der Waals surface area contributed by atoms with Crippen molar-refractivity contribution in [2.45, 2.75) is 12.8 Å². The molecule has 3 aromatic carbocycles. The van der Waals surface area contributed by atoms with Crippen LogP contribution in [0.4, 0.5) is 11.4 Å². The van der Waals surface area contributed by atoms with Gasteiger partial charge in [0.25, 0.3) is 11.8 Å². The normalized spacial score (nSPS) is 16.7. The summed E-state index contributed by atoms with van der Waals surface area (Å²) in [6.45, 7) is 3.86. The van der Waals surface area contributed by atoms with Gasteiger partial charge in [-0.1, -0.05) is 18.2 Å². The van der Waals surface area contributed by atoms with Gasteiger partial charge in [0.05, 0.1) is 40.3 Å². The Labute approximate surface area is 223 Å². The van der Waals surface area contributed by atoms with Crippen molar-refractivity contribution in [3.8, 4) is 11.1 Å². The number of hydrogen-bond donors (Lipinski definition) is 1. The van der Waals surface area contributed by atoms with E-state index in [1.165, 1.54) is 4.90 Å². The minimum Gasteiger partial charge on any atom is -0.481 e. The van der Waals surface area contributed by atoms with E-state index < -0.39 is 5.97 Å². The molecule has 0 saturated carbocycles. The smallest absolute Gasteiger partial charge is 0.303 e. The fraction of sp³-hybridized carbons (Fsp3) is 0.367. The third kappa shape index (κ3) is 4.60. The topological polar surface area (TPSA) is 81.2 Å². The zero-order chi connectivity index (χ0) is 27.2. The largest absolute Gasteiger partial charge is 0.481 e. The van der Waals surface area contributed by atoms with E-state index in [0.717, 1.165) is 58.5 Å². The number of likely N-dealkylation sites (N-methyl/N-ethyl adjacent to an activating group) is 1. The molecule has 38 heavy (non-hydrogen) atoms. The number of benzene rings is 3. The van der Waals surface area contributed by atoms with Crippen molar-refractivity contribution in [3.63, 3.8) is 0 Å². The second-order valence-corrected chi connectivity index (χ2v) is 11.1. The van der Waals surface area contributed by atoms with E-state index >= 15 is 0 Å². The highest BCUT2D eigenvalue weighted by molar-refractivity contribution is 6.28. The van der Waals surface area contributed by atoms with Crippen molar-refractivity contribution >= 4 is 39.9 Å². The number of piperazine rings is 1. The van der Waals surface area contributed by atoms with E-state index in [1.54, 1.807) is 0 Å². The Morgan fingerprint density at radius 1 is 0.868 bits per heavy atom. The molecule has 1 saturated heterocycles. The van der Waals surface area contributed by atoms with Gasteiger partial charge in [-0.05, 0) is 47.9 Å². The van der Waals surface area contributed by atoms with Crippen LogP contribution < -0.4 is 9.80 Å². The average Bonchev–Trinajstić information content (AvgIpc) is 2.88. The number of carboxylic acid groups (broad SMARTS) is 1. The summed E-state index contributed by atoms with van der Waals surface area (Å²) in [5, 5.41) is 10.7. The van der Waals surface area contributed by atoms with E-state index in [0.29, 0.717) is 16.5 Å². The van der Waals surface area contributed by atoms with Crippen molar-refractivity contribution in [2.24, 2.45) is 0 Å². The molecule has 3 aromatic rings. The molecule has 0 spiro atoms. The zero-order valence-corrected chi connectivity index (χ0v) is 22.5. The lowest BCUT2D eigenvalue weighted by atomic mass is 9.87. The summed E-state index contributed by atoms with van der Waals surface area (Å²) in [7, 11) is 8.49. The standard InChI is InChI=1S/C30H34N4O4/c1-31(2)21-9-7-20(8-10-21)22-11-12-23-27-24(30(38)33(29(23)37)15-5-6-26(35)36)13-14-25(28(22)27)32-16-18-34(3,4)19-17-32/h7-14H,5-6,15-19H2,1-4H3/p+1. The van der Waals surface area contributed by atoms with Crippen LogP contribution in [-0.2, 0) is 4.79 Å². The SMILES string of the molecule is CN(C)c1ccc(-c2ccc3c4c(ccc(N5CC[N+](C)(C)CC5)c24)C(=O)N(CCCC(=O)O)C3=O)cc1. The van der Waals surface area contributed by atoms with Crippen molar-refractivity contribution in [2.75, 3.05) is 70.7 Å². The van der Waals surface area contributed by atoms with Gasteiger partial charge < -0.3 is 19.4 Å². The van der Waals surface area contributed by atoms with Crippen LogP contribution in [0.1, 0.15) is 33.6 Å². The fourth-order valence-corrected chi connectivity index (χ4v) is 5.50. The van der Waals surface area contributed by atoms with Gasteiger partial charge >= 0.3 is 5.97 Å². The minimum absolute atomic E-state index is 0.0829. The van der Waals surface area contributed by atoms with Crippen molar-refractivity contribution in [3.05, 3.63) is 59.7 Å². The molecule has 1 fully saturated rings. The quantitative estimate of drug-likeness (QED) is 0.379. The second kappa shape index (κ2) is 9.76. The Morgan fingerprint density at radius 3 is 2.03 bits per heavy atom. The molecular weight excluding hydrogens is 480 g/mol. The predicted octanol–water partition coefficient (Wildman–Crippen LogP) is 3.93. The van der Waals surface area contributed by atoms with Gasteiger partial charge in [-0.3, -0.25) is 19.3 Å². The van der Waals surface area contributed by atoms with E-state index in [9.17, 15) is 14.4 Å². The lowest BCUT2D eigenvalue weighted by Gasteiger charge is -2.41. The van der Waals surface area contributed by atoms with Crippen molar-refractivity contribution in [1.29, 1.82) is 0 Å². The molecule has 0 aliphatic carbocycles. The molecule has 2 aliphatic rings. The molecule has 0 aromatic heterocycles. The third-order valence-corrected chi connectivity index (χ3v) is 7.85. The van der Waals surface area contributed by atoms with E-state index in [2.05, 4.69) is 48.2 Å². The number of imide groups is 1. The number of hydrogen-bond acceptors (Lipinski definition) is 5. The average molecular weight is 516 g/mol. The maximum Gasteiger partial charge on any atom is 0.303 e. The Bertz CT molecular complexity index is 1400. The molecule has 5 rings (SSSR count). The van der Waals surface area contributed by atoms with Crippen LogP contribution in [0.15, 0.2) is 48.5 Å². The third-order valence-electron chi connectivity index (χ3n) is 7.85. The van der Waals surface area contributed by atoms with E-state index in [4.69, 9.17) is 5.11 Å². The number of aliphatic carboxylic acids is 1. The predicted molar refractivity (Wildman–Crippen MR) is 150 cm³/mol. The number of anilines is 2. The Kier molecular flexibility index (Phi) is 6.61. The lowest BCUT2D eigenvalue weighted by Crippen LogP contribution is -2.55. The monoisotopic (exact) mass is 515 g/mol. The van der Waals surface area contributed by atoms with Gasteiger partial charge in [-0.25, -0.2) is 0 Å². The summed E-state index contributed by atoms with van der Waals surface area (Å²) in [6, 6.07) is 16.0. The molecule has 2 heterocycles. The number of carbonyl (C=O) groups is 3. The number of carboxylic acids is 1. The van der Waals surface area contributed by atoms with Crippen LogP contribution in [0.3, 0.4) is 0 Å². The Hall–Kier alpha value is -3.91. The van der Waals surface area contributed by atoms with Crippen LogP contribution in [0.5, 0.6) is 0 Å². The van der Waals surface area contributed by atoms with Crippen LogP contribution in [0, 0.1) is 0 Å². The lowest BCUT2D eigenvalue weighted by molar-refractivity contribution is -0.890. The maximum absolute atomic E-state index is 13.6. The highest BCUT2D eigenvalue weighted by Gasteiger charge is 2.35. The Morgan fingerprint density at radius 2 is 1.45 bits per heavy atom. The summed E-state index contributed by atoms with van der Waals surface area (Å²) >= 11 is 0. The van der Waals surface area contributed by atoms with Gasteiger partial charge in [0.2, 0.25) is 0 Å². The molecule has 0 atom stereocenters. The molecule has 0 bridgehead atoms. The molecule has 0 unspecified atom stereocenters. The molecule has 198 valence electrons. The van der Waals surface area contributed by atoms with Crippen molar-refractivity contribution < 1.29 is 24.0 Å². The first-order valence-corrected chi connectivity index (χ1v) is 13.1. The van der Waals surface area contributed by atoms with Gasteiger partial charge in [0, 0.05) is 60.3 Å². The molecule has 1 N–H and O–H groups in total. The van der Waals surface area contributed by atoms with E-state index in [1.807, 2.05) is 38.4 Å². The highest BCUT2D eigenvalue weighted by atomic mass is 16.4. The summed E-state index contributed by atoms with van der Waals surface area (Å²) in [5.74, 6) is -1.66. The molecule has 0 radical (unpaired) electrons. The number of nitrogens with zero attached hydrogens (tertiary/aromatic N) is 4. The summed E-state index contributed by atoms with van der Waals surface area (Å²) in [6.07, 6.45) is 0.130. The number of amides is 2. The molecule has 2 amide bonds.